The summed E-state index contributed by atoms with van der Waals surface area (Å²) in [4.78, 5) is 26.4. The second kappa shape index (κ2) is 9.60. The first-order chi connectivity index (χ1) is 14.1. The number of thiophene rings is 1. The summed E-state index contributed by atoms with van der Waals surface area (Å²) < 4.78 is 15.9. The number of hydrogen-bond acceptors (Lipinski definition) is 6. The van der Waals surface area contributed by atoms with E-state index in [2.05, 4.69) is 11.4 Å². The van der Waals surface area contributed by atoms with E-state index in [1.807, 2.05) is 30.3 Å². The van der Waals surface area contributed by atoms with Crippen LogP contribution in [0, 0.1) is 5.92 Å². The number of hydrogen-bond donors (Lipinski definition) is 1. The molecule has 1 aliphatic rings. The molecule has 0 aliphatic heterocycles. The van der Waals surface area contributed by atoms with Crippen molar-refractivity contribution in [3.63, 3.8) is 0 Å². The number of anilines is 1. The minimum atomic E-state index is -0.442. The Kier molecular flexibility index (Phi) is 6.93. The summed E-state index contributed by atoms with van der Waals surface area (Å²) in [6.07, 6.45) is 6.54. The van der Waals surface area contributed by atoms with E-state index in [0.717, 1.165) is 23.3 Å². The zero-order valence-electron chi connectivity index (χ0n) is 16.8. The minimum Gasteiger partial charge on any atom is -0.493 e. The number of rotatable bonds is 7. The summed E-state index contributed by atoms with van der Waals surface area (Å²) in [6, 6.07) is 7.36. The first-order valence-electron chi connectivity index (χ1n) is 9.56. The molecule has 1 aromatic carbocycles. The largest absolute Gasteiger partial charge is 0.493 e. The molecule has 1 atom stereocenters. The van der Waals surface area contributed by atoms with Gasteiger partial charge in [0.1, 0.15) is 4.88 Å². The summed E-state index contributed by atoms with van der Waals surface area (Å²) in [7, 11) is 3.15. The average Bonchev–Trinajstić information content (AvgIpc) is 3.17. The van der Waals surface area contributed by atoms with Gasteiger partial charge in [-0.3, -0.25) is 4.79 Å². The molecule has 0 fully saturated rings. The van der Waals surface area contributed by atoms with Crippen molar-refractivity contribution in [2.45, 2.75) is 26.2 Å². The molecule has 1 aromatic heterocycles. The number of esters is 1. The van der Waals surface area contributed by atoms with Crippen molar-refractivity contribution in [3.8, 4) is 21.9 Å². The topological polar surface area (TPSA) is 73.9 Å². The Balaban J connectivity index is 1.93. The second-order valence-corrected chi connectivity index (χ2v) is 7.67. The average molecular weight is 416 g/mol. The van der Waals surface area contributed by atoms with Gasteiger partial charge in [-0.2, -0.15) is 0 Å². The van der Waals surface area contributed by atoms with Crippen molar-refractivity contribution in [2.24, 2.45) is 5.92 Å². The third-order valence-corrected chi connectivity index (χ3v) is 5.92. The quantitative estimate of drug-likeness (QED) is 0.514. The number of carbonyl (C=O) groups excluding carboxylic acids is 2. The minimum absolute atomic E-state index is 0.0726. The highest BCUT2D eigenvalue weighted by atomic mass is 32.1. The number of allylic oxidation sites excluding steroid dienone is 2. The number of amides is 1. The van der Waals surface area contributed by atoms with Crippen molar-refractivity contribution in [2.75, 3.05) is 26.1 Å². The molecule has 1 heterocycles. The van der Waals surface area contributed by atoms with Crippen molar-refractivity contribution < 1.29 is 23.8 Å². The van der Waals surface area contributed by atoms with E-state index < -0.39 is 5.97 Å². The Morgan fingerprint density at radius 3 is 2.59 bits per heavy atom. The summed E-state index contributed by atoms with van der Waals surface area (Å²) in [5.74, 6) is 0.618. The molecule has 0 bridgehead atoms. The number of ether oxygens (including phenoxy) is 3. The lowest BCUT2D eigenvalue weighted by molar-refractivity contribution is -0.120. The van der Waals surface area contributed by atoms with Crippen LogP contribution in [0.25, 0.3) is 10.4 Å². The van der Waals surface area contributed by atoms with Crippen molar-refractivity contribution in [1.82, 2.24) is 0 Å². The Labute approximate surface area is 174 Å². The molecular formula is C22H25NO5S. The smallest absolute Gasteiger partial charge is 0.350 e. The summed E-state index contributed by atoms with van der Waals surface area (Å²) >= 11 is 1.28. The molecule has 1 unspecified atom stereocenters. The highest BCUT2D eigenvalue weighted by Gasteiger charge is 2.24. The van der Waals surface area contributed by atoms with Crippen molar-refractivity contribution >= 4 is 28.9 Å². The molecule has 0 saturated carbocycles. The lowest BCUT2D eigenvalue weighted by Gasteiger charge is -2.17. The van der Waals surface area contributed by atoms with Gasteiger partial charge in [0.25, 0.3) is 0 Å². The summed E-state index contributed by atoms with van der Waals surface area (Å²) in [5.41, 5.74) is 1.34. The Morgan fingerprint density at radius 2 is 1.93 bits per heavy atom. The molecule has 154 valence electrons. The van der Waals surface area contributed by atoms with Crippen LogP contribution in [-0.2, 0) is 9.53 Å². The number of benzene rings is 1. The van der Waals surface area contributed by atoms with Crippen LogP contribution in [0.2, 0.25) is 0 Å². The zero-order valence-corrected chi connectivity index (χ0v) is 17.6. The molecular weight excluding hydrogens is 390 g/mol. The van der Waals surface area contributed by atoms with Gasteiger partial charge in [0, 0.05) is 10.8 Å². The molecule has 6 nitrogen and oxygen atoms in total. The molecule has 7 heteroatoms. The van der Waals surface area contributed by atoms with Crippen molar-refractivity contribution in [3.05, 3.63) is 41.3 Å². The lowest BCUT2D eigenvalue weighted by Crippen LogP contribution is -2.24. The van der Waals surface area contributed by atoms with Crippen LogP contribution in [0.1, 0.15) is 35.9 Å². The molecule has 0 radical (unpaired) electrons. The predicted octanol–water partition coefficient (Wildman–Crippen LogP) is 4.90. The maximum absolute atomic E-state index is 12.7. The van der Waals surface area contributed by atoms with Crippen LogP contribution >= 0.6 is 11.3 Å². The fourth-order valence-corrected chi connectivity index (χ4v) is 4.23. The van der Waals surface area contributed by atoms with Gasteiger partial charge >= 0.3 is 5.97 Å². The van der Waals surface area contributed by atoms with E-state index in [1.165, 1.54) is 11.3 Å². The monoisotopic (exact) mass is 415 g/mol. The number of carbonyl (C=O) groups is 2. The third-order valence-electron chi connectivity index (χ3n) is 4.76. The van der Waals surface area contributed by atoms with Crippen molar-refractivity contribution in [1.29, 1.82) is 0 Å². The van der Waals surface area contributed by atoms with Crippen LogP contribution in [0.3, 0.4) is 0 Å². The van der Waals surface area contributed by atoms with Gasteiger partial charge in [0.05, 0.1) is 26.5 Å². The highest BCUT2D eigenvalue weighted by Crippen LogP contribution is 2.39. The van der Waals surface area contributed by atoms with E-state index in [0.29, 0.717) is 28.5 Å². The fourth-order valence-electron chi connectivity index (χ4n) is 3.23. The normalized spacial score (nSPS) is 15.6. The van der Waals surface area contributed by atoms with Crippen LogP contribution in [0.4, 0.5) is 5.69 Å². The number of nitrogens with one attached hydrogen (secondary N) is 1. The van der Waals surface area contributed by atoms with E-state index >= 15 is 0 Å². The Hall–Kier alpha value is -2.80. The van der Waals surface area contributed by atoms with Gasteiger partial charge in [-0.1, -0.05) is 12.2 Å². The molecule has 29 heavy (non-hydrogen) atoms. The maximum atomic E-state index is 12.7. The SMILES string of the molecule is CCOC(=O)c1sc(-c2ccc(OC)c(OC)c2)cc1NC(=O)C1CC=CCC1. The summed E-state index contributed by atoms with van der Waals surface area (Å²) in [6.45, 7) is 2.02. The second-order valence-electron chi connectivity index (χ2n) is 6.61. The van der Waals surface area contributed by atoms with E-state index in [4.69, 9.17) is 14.2 Å². The third kappa shape index (κ3) is 4.79. The maximum Gasteiger partial charge on any atom is 0.350 e. The van der Waals surface area contributed by atoms with Gasteiger partial charge in [-0.05, 0) is 56.0 Å². The Bertz CT molecular complexity index is 918. The highest BCUT2D eigenvalue weighted by molar-refractivity contribution is 7.18. The first kappa shape index (κ1) is 20.9. The van der Waals surface area contributed by atoms with E-state index in [1.54, 1.807) is 21.1 Å². The first-order valence-corrected chi connectivity index (χ1v) is 10.4. The summed E-state index contributed by atoms with van der Waals surface area (Å²) in [5, 5.41) is 2.94. The van der Waals surface area contributed by atoms with Crippen LogP contribution in [0.15, 0.2) is 36.4 Å². The predicted molar refractivity (Wildman–Crippen MR) is 114 cm³/mol. The van der Waals surface area contributed by atoms with Gasteiger partial charge in [0.2, 0.25) is 5.91 Å². The van der Waals surface area contributed by atoms with Crippen LogP contribution in [-0.4, -0.2) is 32.7 Å². The van der Waals surface area contributed by atoms with Crippen LogP contribution < -0.4 is 14.8 Å². The Morgan fingerprint density at radius 1 is 1.14 bits per heavy atom. The lowest BCUT2D eigenvalue weighted by atomic mass is 9.93. The molecule has 1 amide bonds. The molecule has 1 aliphatic carbocycles. The standard InChI is InChI=1S/C22H25NO5S/c1-4-28-22(25)20-16(23-21(24)14-8-6-5-7-9-14)13-19(29-20)15-10-11-17(26-2)18(12-15)27-3/h5-6,10-14H,4,7-9H2,1-3H3,(H,23,24). The molecule has 0 saturated heterocycles. The van der Waals surface area contributed by atoms with Gasteiger partial charge < -0.3 is 19.5 Å². The molecule has 0 spiro atoms. The van der Waals surface area contributed by atoms with Crippen LogP contribution in [0.5, 0.6) is 11.5 Å². The molecule has 3 rings (SSSR count). The van der Waals surface area contributed by atoms with E-state index in [9.17, 15) is 9.59 Å². The number of methoxy groups -OCH3 is 2. The zero-order chi connectivity index (χ0) is 20.8. The van der Waals surface area contributed by atoms with Gasteiger partial charge in [-0.15, -0.1) is 11.3 Å². The molecule has 1 N–H and O–H groups in total. The van der Waals surface area contributed by atoms with Gasteiger partial charge in [0.15, 0.2) is 11.5 Å². The fraction of sp³-hybridized carbons (Fsp3) is 0.364. The van der Waals surface area contributed by atoms with E-state index in [-0.39, 0.29) is 18.4 Å². The van der Waals surface area contributed by atoms with Gasteiger partial charge in [-0.25, -0.2) is 4.79 Å². The molecule has 2 aromatic rings.